The number of hydrogen-bond acceptors (Lipinski definition) is 8. The van der Waals surface area contributed by atoms with Gasteiger partial charge in [-0.05, 0) is 213 Å². The third-order valence-electron chi connectivity index (χ3n) is 22.7. The number of esters is 1. The van der Waals surface area contributed by atoms with Crippen LogP contribution in [0.4, 0.5) is 65.9 Å². The number of carbonyl (C=O) groups is 1. The first-order valence-electron chi connectivity index (χ1n) is 45.4. The Bertz CT molecular complexity index is 7740. The van der Waals surface area contributed by atoms with Crippen molar-refractivity contribution in [2.75, 3.05) is 6.61 Å². The molecule has 0 atom stereocenters. The lowest BCUT2D eigenvalue weighted by Gasteiger charge is -2.20. The maximum atomic E-state index is 15.3. The summed E-state index contributed by atoms with van der Waals surface area (Å²) < 4.78 is 239. The first kappa shape index (κ1) is 103. The number of carbonyl (C=O) groups excluding carboxylic acids is 1. The highest BCUT2D eigenvalue weighted by molar-refractivity contribution is 8.04. The van der Waals surface area contributed by atoms with E-state index in [1.165, 1.54) is 54.5 Å². The number of phenols is 1. The molecule has 3 aliphatic heterocycles. The zero-order chi connectivity index (χ0) is 103. The van der Waals surface area contributed by atoms with Crippen molar-refractivity contribution < 1.29 is 99.4 Å². The molecule has 1 N–H and O–H groups in total. The number of hydrogen-bond donors (Lipinski definition) is 1. The molecule has 19 aromatic carbocycles. The van der Waals surface area contributed by atoms with Gasteiger partial charge in [0.2, 0.25) is 63.4 Å². The lowest BCUT2D eigenvalue weighted by Crippen LogP contribution is -2.15. The Morgan fingerprint density at radius 1 is 0.297 bits per heavy atom. The minimum Gasteiger partial charge on any atom is -0.503 e. The third kappa shape index (κ3) is 22.3. The highest BCUT2D eigenvalue weighted by atomic mass is 32.2. The minimum absolute atomic E-state index is 0.0824. The number of thiophene rings is 1. The van der Waals surface area contributed by atoms with Crippen LogP contribution in [0.15, 0.2) is 496 Å². The van der Waals surface area contributed by atoms with Crippen LogP contribution in [0.1, 0.15) is 19.4 Å². The second kappa shape index (κ2) is 46.8. The number of fused-ring (bicyclic) bond motifs is 9. The largest absolute Gasteiger partial charge is 0.503 e. The Morgan fingerprint density at radius 3 is 1.00 bits per heavy atom. The van der Waals surface area contributed by atoms with E-state index in [1.807, 2.05) is 128 Å². The minimum atomic E-state index is -2.32. The van der Waals surface area contributed by atoms with Gasteiger partial charge in [0.05, 0.1) is 43.8 Å². The molecule has 738 valence electrons. The number of phenolic OH excluding ortho intramolecular Hbond substituents is 1. The van der Waals surface area contributed by atoms with E-state index < -0.39 is 159 Å². The van der Waals surface area contributed by atoms with Crippen molar-refractivity contribution in [3.05, 3.63) is 505 Å². The van der Waals surface area contributed by atoms with Gasteiger partial charge in [-0.1, -0.05) is 182 Å². The van der Waals surface area contributed by atoms with E-state index in [4.69, 9.17) is 23.7 Å². The molecule has 0 saturated heterocycles. The average molecular weight is 2130 g/mol. The van der Waals surface area contributed by atoms with Crippen LogP contribution in [0, 0.1) is 87.3 Å². The molecule has 0 saturated carbocycles. The van der Waals surface area contributed by atoms with Gasteiger partial charge in [0, 0.05) is 64.6 Å². The summed E-state index contributed by atoms with van der Waals surface area (Å²) in [7, 11) is -4.01. The van der Waals surface area contributed by atoms with Crippen molar-refractivity contribution in [3.63, 3.8) is 0 Å². The summed E-state index contributed by atoms with van der Waals surface area (Å²) in [5, 5.41) is 10.7. The van der Waals surface area contributed by atoms with Gasteiger partial charge in [0.15, 0.2) is 124 Å². The van der Waals surface area contributed by atoms with Crippen molar-refractivity contribution in [1.29, 1.82) is 0 Å². The average Bonchev–Trinajstić information content (AvgIpc) is 1.51. The molecular formula is C119H79F15O7S7+6. The maximum Gasteiger partial charge on any atom is 0.308 e. The predicted molar refractivity (Wildman–Crippen MR) is 551 cm³/mol. The van der Waals surface area contributed by atoms with Crippen LogP contribution >= 0.6 is 22.2 Å². The third-order valence-corrected chi connectivity index (χ3v) is 37.9. The number of para-hydroxylation sites is 4. The topological polar surface area (TPSA) is 83.5 Å². The molecule has 0 amide bonds. The molecule has 0 radical (unpaired) electrons. The van der Waals surface area contributed by atoms with Gasteiger partial charge in [-0.2, -0.15) is 17.6 Å². The fourth-order valence-corrected chi connectivity index (χ4v) is 31.0. The number of rotatable bonds is 16. The summed E-state index contributed by atoms with van der Waals surface area (Å²) in [6.45, 7) is 2.97. The van der Waals surface area contributed by atoms with Crippen LogP contribution in [0.25, 0.3) is 25.1 Å². The summed E-state index contributed by atoms with van der Waals surface area (Å²) in [5.74, 6) is -20.3. The Morgan fingerprint density at radius 2 is 0.622 bits per heavy atom. The van der Waals surface area contributed by atoms with Crippen LogP contribution in [-0.4, -0.2) is 17.7 Å². The van der Waals surface area contributed by atoms with E-state index in [2.05, 4.69) is 146 Å². The van der Waals surface area contributed by atoms with Gasteiger partial charge < -0.3 is 28.8 Å². The normalized spacial score (nSPS) is 12.0. The fourth-order valence-electron chi connectivity index (χ4n) is 16.2. The van der Waals surface area contributed by atoms with Crippen molar-refractivity contribution in [1.82, 2.24) is 0 Å². The second-order valence-electron chi connectivity index (χ2n) is 32.2. The van der Waals surface area contributed by atoms with Gasteiger partial charge in [0.25, 0.3) is 4.90 Å². The molecule has 0 bridgehead atoms. The lowest BCUT2D eigenvalue weighted by molar-refractivity contribution is -0.131. The molecule has 23 rings (SSSR count). The summed E-state index contributed by atoms with van der Waals surface area (Å²) >= 11 is 1.70. The molecule has 3 aliphatic rings. The van der Waals surface area contributed by atoms with Gasteiger partial charge in [-0.15, -0.1) is 0 Å². The molecule has 0 aliphatic carbocycles. The van der Waals surface area contributed by atoms with Gasteiger partial charge >= 0.3 is 5.97 Å². The smallest absolute Gasteiger partial charge is 0.308 e. The molecule has 148 heavy (non-hydrogen) atoms. The summed E-state index contributed by atoms with van der Waals surface area (Å²) in [5.41, 5.74) is -1.26. The van der Waals surface area contributed by atoms with Crippen LogP contribution in [0.5, 0.6) is 46.0 Å². The zero-order valence-electron chi connectivity index (χ0n) is 77.6. The van der Waals surface area contributed by atoms with E-state index in [0.29, 0.717) is 64.3 Å². The van der Waals surface area contributed by atoms with E-state index in [0.717, 1.165) is 70.2 Å². The monoisotopic (exact) mass is 2130 g/mol. The molecule has 20 aromatic rings. The highest BCUT2D eigenvalue weighted by Gasteiger charge is 2.47. The van der Waals surface area contributed by atoms with E-state index in [-0.39, 0.29) is 32.7 Å². The van der Waals surface area contributed by atoms with Crippen LogP contribution in [0.3, 0.4) is 0 Å². The van der Waals surface area contributed by atoms with Crippen molar-refractivity contribution in [2.45, 2.75) is 104 Å². The maximum absolute atomic E-state index is 15.3. The van der Waals surface area contributed by atoms with Crippen molar-refractivity contribution in [3.8, 4) is 50.9 Å². The quantitative estimate of drug-likeness (QED) is 0.0256. The van der Waals surface area contributed by atoms with Crippen LogP contribution in [-0.2, 0) is 65.9 Å². The fraction of sp³-hybridized carbons (Fsp3) is 0.0336. The molecular weight excluding hydrogens is 2050 g/mol. The van der Waals surface area contributed by atoms with E-state index >= 15 is 8.78 Å². The van der Waals surface area contributed by atoms with E-state index in [1.54, 1.807) is 115 Å². The van der Waals surface area contributed by atoms with Crippen LogP contribution < -0.4 is 23.7 Å². The molecule has 29 heteroatoms. The molecule has 1 aromatic heterocycles. The standard InChI is InChI=1S/C25H12F7O2S.C20H17O2S.C20H19OS.C18H8F4OS.C18H11F2OS.C18H11F2S2/c26-14-9-12(33-11-13-20(28)22(30)24(32)23(31)21(13)29)10-15(27)25(14)35-18-7-3-1-5-16(18)34-17-6-2-4-8-19(17)35;1-16(21)22-17-12-14-20(15-13-17)23(18-8-4-2-5-9-18)19-10-6-3-7-11-19;1-2-21-17-13-15-20(16-14-17)22(18-9-5-3-6-10-18)19-11-7-4-8-12-19;19-13-15(21)18(16(22)14(20)17(13)23)24-11-7-3-1-5-9(11)10-6-2-4-8-12(10)24;2*19-12-9-10-16(13(20)11-12)22-17-7-3-1-5-14(17)21-15-6-2-4-8-18(15)22/h1-10H,11H2;2-15H,1H3;3-16H,2H2,1H3;1-8H;2*1-11H/q3*+1;;2*+1/p+1. The second-order valence-corrected chi connectivity index (χ2v) is 45.0. The van der Waals surface area contributed by atoms with Gasteiger partial charge in [0.1, 0.15) is 68.2 Å². The van der Waals surface area contributed by atoms with Gasteiger partial charge in [-0.3, -0.25) is 4.79 Å². The summed E-state index contributed by atoms with van der Waals surface area (Å²) in [6.07, 6.45) is 0. The number of ether oxygens (including phenoxy) is 5. The summed E-state index contributed by atoms with van der Waals surface area (Å²) in [4.78, 5) is 26.1. The first-order valence-corrected chi connectivity index (χ1v) is 53.6. The Labute approximate surface area is 862 Å². The SMILES string of the molecule is CC(=O)Oc1ccc([S+](c2ccccc2)c2ccccc2)cc1.CCOc1ccc([S+](c2ccccc2)c2ccccc2)cc1.Fc1cc(OCc2c(F)c(F)c(F)c(F)c2F)cc(F)c1[S+]1c2ccccc2Oc2ccccc21.Fc1ccc([S+]2c3ccccc3Oc3ccccc32)c(F)c1.Fc1ccc([S+]2c3ccccc3Sc3ccccc32)c(F)c1.Oc1c(F)c(F)c(-[s+]2c3ccccc3c3ccccc32)c(F)c1F. The van der Waals surface area contributed by atoms with Gasteiger partial charge in [-0.25, -0.2) is 48.3 Å². The Kier molecular flexibility index (Phi) is 32.5. The van der Waals surface area contributed by atoms with E-state index in [9.17, 15) is 67.0 Å². The van der Waals surface area contributed by atoms with Crippen LogP contribution in [0.2, 0.25) is 0 Å². The summed E-state index contributed by atoms with van der Waals surface area (Å²) in [6, 6.07) is 126. The number of halogens is 15. The molecule has 0 spiro atoms. The van der Waals surface area contributed by atoms with Crippen molar-refractivity contribution >= 4 is 103 Å². The highest BCUT2D eigenvalue weighted by Crippen LogP contribution is 2.55. The van der Waals surface area contributed by atoms with Crippen molar-refractivity contribution in [2.24, 2.45) is 0 Å². The molecule has 7 nitrogen and oxygen atoms in total. The Hall–Kier alpha value is -15.1. The molecule has 4 heterocycles. The molecule has 0 fully saturated rings. The predicted octanol–water partition coefficient (Wildman–Crippen LogP) is 34.0. The zero-order valence-corrected chi connectivity index (χ0v) is 83.3. The Balaban J connectivity index is 0.000000117. The lowest BCUT2D eigenvalue weighted by atomic mass is 10.2. The number of benzene rings is 19. The molecule has 0 unspecified atom stereocenters. The first-order chi connectivity index (χ1) is 71.9. The number of aromatic hydroxyl groups is 1.